The Hall–Kier alpha value is -2.97. The number of benzene rings is 1. The molecule has 1 aromatic carbocycles. The number of hydrogen-bond donors (Lipinski definition) is 5. The molecule has 8 nitrogen and oxygen atoms in total. The van der Waals surface area contributed by atoms with Crippen molar-refractivity contribution in [1.29, 1.82) is 0 Å². The number of phenols is 1. The maximum atomic E-state index is 14.3. The van der Waals surface area contributed by atoms with Gasteiger partial charge in [0.25, 0.3) is 0 Å². The second-order valence-electron chi connectivity index (χ2n) is 13.5. The molecule has 1 saturated carbocycles. The van der Waals surface area contributed by atoms with Gasteiger partial charge in [0.2, 0.25) is 5.78 Å². The largest absolute Gasteiger partial charge is 0.511 e. The van der Waals surface area contributed by atoms with Crippen molar-refractivity contribution in [2.45, 2.75) is 97.2 Å². The smallest absolute Gasteiger partial charge is 0.209 e. The summed E-state index contributed by atoms with van der Waals surface area (Å²) in [6, 6.07) is 3.63. The van der Waals surface area contributed by atoms with E-state index in [4.69, 9.17) is 0 Å². The highest BCUT2D eigenvalue weighted by atomic mass is 16.4. The fourth-order valence-electron chi connectivity index (χ4n) is 8.85. The van der Waals surface area contributed by atoms with E-state index in [2.05, 4.69) is 0 Å². The number of rotatable bonds is 3. The van der Waals surface area contributed by atoms with E-state index in [0.717, 1.165) is 32.6 Å². The molecule has 1 fully saturated rings. The highest BCUT2D eigenvalue weighted by molar-refractivity contribution is 6.25. The van der Waals surface area contributed by atoms with Gasteiger partial charge in [-0.15, -0.1) is 0 Å². The van der Waals surface area contributed by atoms with Gasteiger partial charge < -0.3 is 25.5 Å². The van der Waals surface area contributed by atoms with Crippen LogP contribution in [-0.4, -0.2) is 54.6 Å². The van der Waals surface area contributed by atoms with Crippen LogP contribution in [0.3, 0.4) is 0 Å². The third-order valence-corrected chi connectivity index (χ3v) is 11.2. The number of Topliss-reactive ketones (excluding diaryl/α,β-unsaturated/α-hetero) is 3. The number of allylic oxidation sites excluding steroid dienone is 1. The molecule has 0 aliphatic heterocycles. The fraction of sp³-hybridized carbons (Fsp3) is 0.594. The lowest BCUT2D eigenvalue weighted by atomic mass is 9.41. The number of fused-ring (bicyclic) bond motifs is 3. The van der Waals surface area contributed by atoms with E-state index >= 15 is 0 Å². The second-order valence-corrected chi connectivity index (χ2v) is 13.5. The first-order valence-electron chi connectivity index (χ1n) is 14.2. The molecule has 0 spiro atoms. The fourth-order valence-corrected chi connectivity index (χ4v) is 8.85. The van der Waals surface area contributed by atoms with Crippen LogP contribution in [0.15, 0.2) is 34.8 Å². The standard InChI is InChI=1S/C32H40O8/c1-14(2)21-24(35)19(16(4)33)26(37)32(40)27(38)22-25(36)20-17(15(3)30(22,6)28(39)31(21,32)7)10-11-18(23(20)34)29(5)12-8-9-13-29/h10-11,14-15,21,28,34-35,38-40H,8-9,12-13H2,1-7H3/t15-,21?,28-,30+,31+,32+/m1/s1. The number of ketones is 3. The summed E-state index contributed by atoms with van der Waals surface area (Å²) in [6.45, 7) is 11.4. The average Bonchev–Trinajstić information content (AvgIpc) is 3.31. The van der Waals surface area contributed by atoms with Crippen LogP contribution >= 0.6 is 0 Å². The van der Waals surface area contributed by atoms with Crippen LogP contribution < -0.4 is 0 Å². The number of aromatic hydroxyl groups is 1. The second kappa shape index (κ2) is 8.52. The Balaban J connectivity index is 1.85. The molecule has 0 heterocycles. The van der Waals surface area contributed by atoms with Crippen LogP contribution in [0.25, 0.3) is 0 Å². The molecule has 1 aromatic rings. The summed E-state index contributed by atoms with van der Waals surface area (Å²) in [5.74, 6) is -6.74. The molecule has 0 amide bonds. The van der Waals surface area contributed by atoms with Crippen molar-refractivity contribution in [3.05, 3.63) is 51.5 Å². The third kappa shape index (κ3) is 3.01. The molecular weight excluding hydrogens is 512 g/mol. The summed E-state index contributed by atoms with van der Waals surface area (Å²) in [7, 11) is 0. The molecule has 216 valence electrons. The molecule has 0 bridgehead atoms. The van der Waals surface area contributed by atoms with E-state index in [1.807, 2.05) is 13.0 Å². The van der Waals surface area contributed by atoms with Crippen LogP contribution in [0.1, 0.15) is 102 Å². The summed E-state index contributed by atoms with van der Waals surface area (Å²) in [4.78, 5) is 40.7. The quantitative estimate of drug-likeness (QED) is 0.338. The zero-order chi connectivity index (χ0) is 29.9. The molecule has 1 unspecified atom stereocenters. The van der Waals surface area contributed by atoms with Gasteiger partial charge >= 0.3 is 0 Å². The summed E-state index contributed by atoms with van der Waals surface area (Å²) in [5, 5.41) is 59.1. The molecule has 5 N–H and O–H groups in total. The van der Waals surface area contributed by atoms with Crippen molar-refractivity contribution in [2.24, 2.45) is 22.7 Å². The Kier molecular flexibility index (Phi) is 6.08. The number of phenolic OH excluding ortho intramolecular Hbond substituents is 1. The van der Waals surface area contributed by atoms with E-state index in [0.29, 0.717) is 11.1 Å². The Morgan fingerprint density at radius 2 is 1.60 bits per heavy atom. The first-order valence-corrected chi connectivity index (χ1v) is 14.2. The molecule has 4 aliphatic rings. The van der Waals surface area contributed by atoms with Gasteiger partial charge in [-0.05, 0) is 42.6 Å². The minimum atomic E-state index is -2.87. The monoisotopic (exact) mass is 552 g/mol. The molecule has 6 atom stereocenters. The van der Waals surface area contributed by atoms with Crippen molar-refractivity contribution in [3.8, 4) is 5.75 Å². The number of aliphatic hydroxyl groups is 4. The van der Waals surface area contributed by atoms with Crippen molar-refractivity contribution in [3.63, 3.8) is 0 Å². The van der Waals surface area contributed by atoms with Gasteiger partial charge in [0, 0.05) is 22.3 Å². The Morgan fingerprint density at radius 3 is 2.12 bits per heavy atom. The zero-order valence-corrected chi connectivity index (χ0v) is 24.3. The summed E-state index contributed by atoms with van der Waals surface area (Å²) < 4.78 is 0. The van der Waals surface area contributed by atoms with Gasteiger partial charge in [0.1, 0.15) is 22.8 Å². The van der Waals surface area contributed by atoms with Gasteiger partial charge in [-0.2, -0.15) is 0 Å². The van der Waals surface area contributed by atoms with Gasteiger partial charge in [-0.25, -0.2) is 0 Å². The first kappa shape index (κ1) is 28.6. The minimum absolute atomic E-state index is 0.00889. The maximum absolute atomic E-state index is 14.3. The van der Waals surface area contributed by atoms with Crippen LogP contribution in [-0.2, 0) is 15.0 Å². The molecule has 0 radical (unpaired) electrons. The van der Waals surface area contributed by atoms with Gasteiger partial charge in [0.05, 0.1) is 17.2 Å². The maximum Gasteiger partial charge on any atom is 0.209 e. The normalized spacial score (nSPS) is 37.0. The number of carbonyl (C=O) groups excluding carboxylic acids is 3. The van der Waals surface area contributed by atoms with E-state index < -0.39 is 74.7 Å². The van der Waals surface area contributed by atoms with E-state index in [1.54, 1.807) is 33.8 Å². The SMILES string of the molecule is CC(=O)C1=C(O)C(C(C)C)[C@@]2(C)[C@H](O)[C@]3(C)C(=C(O)[C@@]2(O)C1=O)C(=O)c1c(ccc(C2(C)CCCC2)c1O)[C@H]3C. The van der Waals surface area contributed by atoms with E-state index in [9.17, 15) is 39.9 Å². The predicted octanol–water partition coefficient (Wildman–Crippen LogP) is 4.71. The van der Waals surface area contributed by atoms with Crippen molar-refractivity contribution in [1.82, 2.24) is 0 Å². The van der Waals surface area contributed by atoms with Crippen molar-refractivity contribution < 1.29 is 39.9 Å². The molecular formula is C32H40O8. The van der Waals surface area contributed by atoms with Crippen molar-refractivity contribution >= 4 is 17.3 Å². The van der Waals surface area contributed by atoms with Crippen LogP contribution in [0, 0.1) is 22.7 Å². The number of aliphatic hydroxyl groups excluding tert-OH is 3. The number of hydrogen-bond acceptors (Lipinski definition) is 8. The van der Waals surface area contributed by atoms with Gasteiger partial charge in [-0.3, -0.25) is 14.4 Å². The topological polar surface area (TPSA) is 152 Å². The van der Waals surface area contributed by atoms with E-state index in [1.165, 1.54) is 6.92 Å². The highest BCUT2D eigenvalue weighted by Gasteiger charge is 2.76. The van der Waals surface area contributed by atoms with Gasteiger partial charge in [0.15, 0.2) is 17.2 Å². The summed E-state index contributed by atoms with van der Waals surface area (Å²) in [5.41, 5.74) is -6.52. The zero-order valence-electron chi connectivity index (χ0n) is 24.3. The van der Waals surface area contributed by atoms with Crippen molar-refractivity contribution in [2.75, 3.05) is 0 Å². The third-order valence-electron chi connectivity index (χ3n) is 11.2. The van der Waals surface area contributed by atoms with Crippen LogP contribution in [0.5, 0.6) is 5.75 Å². The Labute approximate surface area is 234 Å². The first-order chi connectivity index (χ1) is 18.4. The predicted molar refractivity (Wildman–Crippen MR) is 147 cm³/mol. The minimum Gasteiger partial charge on any atom is -0.511 e. The lowest BCUT2D eigenvalue weighted by Crippen LogP contribution is -2.73. The molecule has 4 aliphatic carbocycles. The average molecular weight is 553 g/mol. The Morgan fingerprint density at radius 1 is 1.02 bits per heavy atom. The molecule has 8 heteroatoms. The Bertz CT molecular complexity index is 1430. The highest BCUT2D eigenvalue weighted by Crippen LogP contribution is 2.67. The molecule has 0 aromatic heterocycles. The van der Waals surface area contributed by atoms with E-state index in [-0.39, 0.29) is 22.3 Å². The molecule has 0 saturated heterocycles. The number of carbonyl (C=O) groups is 3. The molecule has 40 heavy (non-hydrogen) atoms. The van der Waals surface area contributed by atoms with Crippen LogP contribution in [0.4, 0.5) is 0 Å². The van der Waals surface area contributed by atoms with Gasteiger partial charge in [-0.1, -0.05) is 66.5 Å². The summed E-state index contributed by atoms with van der Waals surface area (Å²) >= 11 is 0. The molecule has 5 rings (SSSR count). The lowest BCUT2D eigenvalue weighted by molar-refractivity contribution is -0.211. The lowest BCUT2D eigenvalue weighted by Gasteiger charge is -2.63. The van der Waals surface area contributed by atoms with Crippen LogP contribution in [0.2, 0.25) is 0 Å². The summed E-state index contributed by atoms with van der Waals surface area (Å²) in [6.07, 6.45) is 2.07.